The summed E-state index contributed by atoms with van der Waals surface area (Å²) in [5.74, 6) is 1.98. The van der Waals surface area contributed by atoms with Crippen LogP contribution in [0.1, 0.15) is 11.5 Å². The zero-order valence-corrected chi connectivity index (χ0v) is 9.49. The Kier molecular flexibility index (Phi) is 3.41. The van der Waals surface area contributed by atoms with E-state index in [9.17, 15) is 0 Å². The van der Waals surface area contributed by atoms with E-state index < -0.39 is 0 Å². The van der Waals surface area contributed by atoms with Crippen LogP contribution in [0.25, 0.3) is 0 Å². The van der Waals surface area contributed by atoms with Crippen LogP contribution in [0.5, 0.6) is 0 Å². The normalized spacial score (nSPS) is 19.6. The Morgan fingerprint density at radius 1 is 1.27 bits per heavy atom. The highest BCUT2D eigenvalue weighted by Gasteiger charge is 2.13. The summed E-state index contributed by atoms with van der Waals surface area (Å²) in [6, 6.07) is 4.03. The SMILES string of the molecule is Cc1ccc(CNN2CCN(C)CC2)o1. The average molecular weight is 209 g/mol. The van der Waals surface area contributed by atoms with E-state index in [0.29, 0.717) is 0 Å². The first-order chi connectivity index (χ1) is 7.24. The molecule has 1 saturated heterocycles. The van der Waals surface area contributed by atoms with Crippen molar-refractivity contribution in [1.29, 1.82) is 0 Å². The number of likely N-dealkylation sites (N-methyl/N-ethyl adjacent to an activating group) is 1. The second kappa shape index (κ2) is 4.79. The lowest BCUT2D eigenvalue weighted by Crippen LogP contribution is -2.50. The lowest BCUT2D eigenvalue weighted by Gasteiger charge is -2.32. The third-order valence-electron chi connectivity index (χ3n) is 2.78. The number of piperazine rings is 1. The van der Waals surface area contributed by atoms with Gasteiger partial charge in [0.2, 0.25) is 0 Å². The summed E-state index contributed by atoms with van der Waals surface area (Å²) in [5, 5.41) is 2.26. The zero-order valence-electron chi connectivity index (χ0n) is 9.49. The fourth-order valence-corrected chi connectivity index (χ4v) is 1.73. The van der Waals surface area contributed by atoms with E-state index >= 15 is 0 Å². The highest BCUT2D eigenvalue weighted by atomic mass is 16.3. The number of hydrogen-bond acceptors (Lipinski definition) is 4. The summed E-state index contributed by atoms with van der Waals surface area (Å²) in [6.07, 6.45) is 0. The summed E-state index contributed by atoms with van der Waals surface area (Å²) in [6.45, 7) is 7.18. The van der Waals surface area contributed by atoms with E-state index in [1.54, 1.807) is 0 Å². The Hall–Kier alpha value is -0.840. The van der Waals surface area contributed by atoms with Gasteiger partial charge in [0, 0.05) is 26.2 Å². The molecule has 0 amide bonds. The van der Waals surface area contributed by atoms with Crippen LogP contribution in [0.3, 0.4) is 0 Å². The second-order valence-electron chi connectivity index (χ2n) is 4.14. The van der Waals surface area contributed by atoms with E-state index in [-0.39, 0.29) is 0 Å². The number of furan rings is 1. The molecule has 2 rings (SSSR count). The summed E-state index contributed by atoms with van der Waals surface area (Å²) < 4.78 is 5.50. The van der Waals surface area contributed by atoms with Crippen LogP contribution in [0.2, 0.25) is 0 Å². The fourth-order valence-electron chi connectivity index (χ4n) is 1.73. The van der Waals surface area contributed by atoms with E-state index in [1.165, 1.54) is 0 Å². The maximum atomic E-state index is 5.50. The Labute approximate surface area is 90.8 Å². The van der Waals surface area contributed by atoms with Crippen molar-refractivity contribution in [2.75, 3.05) is 33.2 Å². The molecule has 0 aliphatic carbocycles. The molecule has 0 aromatic carbocycles. The Bertz CT molecular complexity index is 303. The van der Waals surface area contributed by atoms with Crippen molar-refractivity contribution in [3.63, 3.8) is 0 Å². The van der Waals surface area contributed by atoms with Gasteiger partial charge in [0.05, 0.1) is 6.54 Å². The van der Waals surface area contributed by atoms with Gasteiger partial charge >= 0.3 is 0 Å². The van der Waals surface area contributed by atoms with Gasteiger partial charge in [-0.3, -0.25) is 0 Å². The standard InChI is InChI=1S/C11H19N3O/c1-10-3-4-11(15-10)9-12-14-7-5-13(2)6-8-14/h3-4,12H,5-9H2,1-2H3. The predicted molar refractivity (Wildman–Crippen MR) is 59.4 cm³/mol. The van der Waals surface area contributed by atoms with Crippen molar-refractivity contribution in [2.45, 2.75) is 13.5 Å². The molecular weight excluding hydrogens is 190 g/mol. The molecule has 84 valence electrons. The molecule has 1 aromatic heterocycles. The van der Waals surface area contributed by atoms with Crippen LogP contribution in [-0.4, -0.2) is 43.1 Å². The van der Waals surface area contributed by atoms with Gasteiger partial charge in [-0.2, -0.15) is 0 Å². The maximum absolute atomic E-state index is 5.50. The Morgan fingerprint density at radius 2 is 2.00 bits per heavy atom. The molecule has 0 radical (unpaired) electrons. The summed E-state index contributed by atoms with van der Waals surface area (Å²) in [5.41, 5.74) is 3.38. The van der Waals surface area contributed by atoms with Crippen molar-refractivity contribution in [2.24, 2.45) is 0 Å². The molecule has 2 heterocycles. The molecule has 1 fully saturated rings. The number of rotatable bonds is 3. The lowest BCUT2D eigenvalue weighted by molar-refractivity contribution is 0.0990. The number of hydrazine groups is 1. The molecule has 1 aromatic rings. The molecule has 4 heteroatoms. The molecule has 1 aliphatic heterocycles. The minimum atomic E-state index is 0.789. The lowest BCUT2D eigenvalue weighted by atomic mass is 10.4. The Morgan fingerprint density at radius 3 is 2.60 bits per heavy atom. The van der Waals surface area contributed by atoms with Gasteiger partial charge in [0.1, 0.15) is 11.5 Å². The predicted octanol–water partition coefficient (Wildman–Crippen LogP) is 0.840. The smallest absolute Gasteiger partial charge is 0.119 e. The van der Waals surface area contributed by atoms with Gasteiger partial charge in [-0.1, -0.05) is 0 Å². The minimum Gasteiger partial charge on any atom is -0.465 e. The van der Waals surface area contributed by atoms with Crippen LogP contribution in [0.4, 0.5) is 0 Å². The van der Waals surface area contributed by atoms with Gasteiger partial charge in [-0.25, -0.2) is 10.4 Å². The number of nitrogens with one attached hydrogen (secondary N) is 1. The molecule has 0 unspecified atom stereocenters. The molecule has 0 atom stereocenters. The third kappa shape index (κ3) is 3.06. The summed E-state index contributed by atoms with van der Waals surface area (Å²) in [4.78, 5) is 2.34. The van der Waals surface area contributed by atoms with Crippen LogP contribution in [0.15, 0.2) is 16.5 Å². The van der Waals surface area contributed by atoms with E-state index in [4.69, 9.17) is 4.42 Å². The minimum absolute atomic E-state index is 0.789. The molecule has 0 spiro atoms. The average Bonchev–Trinajstić information content (AvgIpc) is 2.64. The van der Waals surface area contributed by atoms with Crippen molar-refractivity contribution < 1.29 is 4.42 Å². The highest BCUT2D eigenvalue weighted by Crippen LogP contribution is 2.06. The largest absolute Gasteiger partial charge is 0.465 e. The first-order valence-corrected chi connectivity index (χ1v) is 5.46. The van der Waals surface area contributed by atoms with E-state index in [0.717, 1.165) is 44.2 Å². The van der Waals surface area contributed by atoms with Gasteiger partial charge in [0.25, 0.3) is 0 Å². The van der Waals surface area contributed by atoms with Crippen LogP contribution >= 0.6 is 0 Å². The molecule has 15 heavy (non-hydrogen) atoms. The monoisotopic (exact) mass is 209 g/mol. The van der Waals surface area contributed by atoms with Gasteiger partial charge in [-0.05, 0) is 26.1 Å². The first-order valence-electron chi connectivity index (χ1n) is 5.46. The van der Waals surface area contributed by atoms with Crippen LogP contribution in [-0.2, 0) is 6.54 Å². The van der Waals surface area contributed by atoms with Crippen molar-refractivity contribution >= 4 is 0 Å². The van der Waals surface area contributed by atoms with E-state index in [1.807, 2.05) is 19.1 Å². The summed E-state index contributed by atoms with van der Waals surface area (Å²) in [7, 11) is 2.16. The molecule has 1 N–H and O–H groups in total. The zero-order chi connectivity index (χ0) is 10.7. The molecule has 0 bridgehead atoms. The highest BCUT2D eigenvalue weighted by molar-refractivity contribution is 5.04. The van der Waals surface area contributed by atoms with Crippen LogP contribution < -0.4 is 5.43 Å². The molecule has 0 saturated carbocycles. The van der Waals surface area contributed by atoms with Gasteiger partial charge in [0.15, 0.2) is 0 Å². The van der Waals surface area contributed by atoms with E-state index in [2.05, 4.69) is 22.4 Å². The first kappa shape index (κ1) is 10.7. The number of aryl methyl sites for hydroxylation is 1. The van der Waals surface area contributed by atoms with Crippen molar-refractivity contribution in [3.05, 3.63) is 23.7 Å². The number of nitrogens with zero attached hydrogens (tertiary/aromatic N) is 2. The Balaban J connectivity index is 1.74. The van der Waals surface area contributed by atoms with Crippen LogP contribution in [0, 0.1) is 6.92 Å². The van der Waals surface area contributed by atoms with Gasteiger partial charge in [-0.15, -0.1) is 0 Å². The topological polar surface area (TPSA) is 31.6 Å². The van der Waals surface area contributed by atoms with Crippen molar-refractivity contribution in [3.8, 4) is 0 Å². The molecule has 1 aliphatic rings. The maximum Gasteiger partial charge on any atom is 0.119 e. The number of hydrogen-bond donors (Lipinski definition) is 1. The molecule has 4 nitrogen and oxygen atoms in total. The quantitative estimate of drug-likeness (QED) is 0.799. The third-order valence-corrected chi connectivity index (χ3v) is 2.78. The molecular formula is C11H19N3O. The second-order valence-corrected chi connectivity index (χ2v) is 4.14. The fraction of sp³-hybridized carbons (Fsp3) is 0.636. The summed E-state index contributed by atoms with van der Waals surface area (Å²) >= 11 is 0. The van der Waals surface area contributed by atoms with Gasteiger partial charge < -0.3 is 9.32 Å². The van der Waals surface area contributed by atoms with Crippen molar-refractivity contribution in [1.82, 2.24) is 15.3 Å².